The first-order valence-corrected chi connectivity index (χ1v) is 9.18. The number of benzene rings is 1. The summed E-state index contributed by atoms with van der Waals surface area (Å²) in [4.78, 5) is 26.7. The van der Waals surface area contributed by atoms with Gasteiger partial charge in [-0.2, -0.15) is 5.10 Å². The lowest BCUT2D eigenvalue weighted by atomic mass is 10.0. The van der Waals surface area contributed by atoms with Crippen LogP contribution in [-0.4, -0.2) is 34.8 Å². The summed E-state index contributed by atoms with van der Waals surface area (Å²) in [6, 6.07) is 7.74. The van der Waals surface area contributed by atoms with E-state index in [1.165, 1.54) is 4.68 Å². The number of rotatable bonds is 4. The average Bonchev–Trinajstić information content (AvgIpc) is 2.64. The Morgan fingerprint density at radius 3 is 2.62 bits per heavy atom. The van der Waals surface area contributed by atoms with Crippen LogP contribution in [0.25, 0.3) is 0 Å². The summed E-state index contributed by atoms with van der Waals surface area (Å²) < 4.78 is 1.45. The van der Waals surface area contributed by atoms with Gasteiger partial charge in [-0.25, -0.2) is 4.68 Å². The van der Waals surface area contributed by atoms with E-state index in [0.717, 1.165) is 48.3 Å². The molecule has 1 aromatic heterocycles. The van der Waals surface area contributed by atoms with E-state index in [-0.39, 0.29) is 17.5 Å². The molecule has 1 aliphatic heterocycles. The van der Waals surface area contributed by atoms with Gasteiger partial charge in [0.25, 0.3) is 11.5 Å². The number of carbonyl (C=O) groups excluding carboxylic acids is 1. The van der Waals surface area contributed by atoms with Gasteiger partial charge in [0, 0.05) is 37.3 Å². The Balaban J connectivity index is 1.60. The highest BCUT2D eigenvalue weighted by Gasteiger charge is 2.22. The topological polar surface area (TPSA) is 67.2 Å². The number of hydrogen-bond donors (Lipinski definition) is 1. The maximum atomic E-state index is 12.6. The first-order chi connectivity index (χ1) is 12.5. The summed E-state index contributed by atoms with van der Waals surface area (Å²) >= 11 is 0. The smallest absolute Gasteiger partial charge is 0.268 e. The molecule has 0 saturated carbocycles. The van der Waals surface area contributed by atoms with Crippen LogP contribution in [0.3, 0.4) is 0 Å². The van der Waals surface area contributed by atoms with Crippen molar-refractivity contribution in [1.82, 2.24) is 15.1 Å². The van der Waals surface area contributed by atoms with E-state index >= 15 is 0 Å². The number of hydrogen-bond acceptors (Lipinski definition) is 4. The predicted molar refractivity (Wildman–Crippen MR) is 103 cm³/mol. The van der Waals surface area contributed by atoms with E-state index in [1.807, 2.05) is 39.0 Å². The highest BCUT2D eigenvalue weighted by Crippen LogP contribution is 2.18. The lowest BCUT2D eigenvalue weighted by Crippen LogP contribution is -2.45. The average molecular weight is 354 g/mol. The van der Waals surface area contributed by atoms with Crippen molar-refractivity contribution in [3.63, 3.8) is 0 Å². The van der Waals surface area contributed by atoms with Gasteiger partial charge in [0.2, 0.25) is 0 Å². The number of carbonyl (C=O) groups is 1. The zero-order chi connectivity index (χ0) is 18.7. The molecule has 0 unspecified atom stereocenters. The number of nitrogens with zero attached hydrogens (tertiary/aromatic N) is 3. The molecule has 1 amide bonds. The molecular weight excluding hydrogens is 328 g/mol. The fraction of sp³-hybridized carbons (Fsp3) is 0.450. The van der Waals surface area contributed by atoms with Gasteiger partial charge in [-0.3, -0.25) is 9.59 Å². The molecule has 1 N–H and O–H groups in total. The van der Waals surface area contributed by atoms with Gasteiger partial charge in [0.1, 0.15) is 0 Å². The van der Waals surface area contributed by atoms with E-state index in [4.69, 9.17) is 0 Å². The molecule has 6 heteroatoms. The van der Waals surface area contributed by atoms with Crippen molar-refractivity contribution >= 4 is 11.6 Å². The second-order valence-electron chi connectivity index (χ2n) is 6.92. The number of piperidine rings is 1. The minimum atomic E-state index is -0.0738. The second kappa shape index (κ2) is 7.72. The molecule has 1 saturated heterocycles. The van der Waals surface area contributed by atoms with E-state index < -0.39 is 0 Å². The first-order valence-electron chi connectivity index (χ1n) is 9.18. The molecule has 0 aliphatic carbocycles. The second-order valence-corrected chi connectivity index (χ2v) is 6.92. The van der Waals surface area contributed by atoms with Crippen LogP contribution in [0.15, 0.2) is 35.3 Å². The molecule has 3 rings (SSSR count). The standard InChI is InChI=1S/C20H26N4O2/c1-4-24-19(25)12-17(13-21-24)23-9-7-16(8-10-23)22-20(26)18-11-14(2)5-6-15(18)3/h5-6,11-13,16H,4,7-10H2,1-3H3,(H,22,26). The van der Waals surface area contributed by atoms with Gasteiger partial charge in [-0.15, -0.1) is 0 Å². The van der Waals surface area contributed by atoms with Gasteiger partial charge < -0.3 is 10.2 Å². The van der Waals surface area contributed by atoms with Crippen molar-refractivity contribution in [3.8, 4) is 0 Å². The summed E-state index contributed by atoms with van der Waals surface area (Å²) in [5, 5.41) is 7.35. The molecule has 1 fully saturated rings. The van der Waals surface area contributed by atoms with Gasteiger partial charge in [-0.1, -0.05) is 17.7 Å². The SMILES string of the molecule is CCn1ncc(N2CCC(NC(=O)c3cc(C)ccc3C)CC2)cc1=O. The zero-order valence-electron chi connectivity index (χ0n) is 15.7. The number of nitrogens with one attached hydrogen (secondary N) is 1. The van der Waals surface area contributed by atoms with Crippen LogP contribution in [0.2, 0.25) is 0 Å². The molecule has 26 heavy (non-hydrogen) atoms. The van der Waals surface area contributed by atoms with Crippen molar-refractivity contribution in [2.75, 3.05) is 18.0 Å². The molecule has 1 aliphatic rings. The van der Waals surface area contributed by atoms with Crippen molar-refractivity contribution in [2.45, 2.75) is 46.2 Å². The Morgan fingerprint density at radius 1 is 1.23 bits per heavy atom. The fourth-order valence-electron chi connectivity index (χ4n) is 3.36. The number of aromatic nitrogens is 2. The van der Waals surface area contributed by atoms with Crippen LogP contribution in [0.4, 0.5) is 5.69 Å². The number of anilines is 1. The number of amides is 1. The van der Waals surface area contributed by atoms with Crippen molar-refractivity contribution < 1.29 is 4.79 Å². The Labute approximate surface area is 153 Å². The molecule has 0 radical (unpaired) electrons. The fourth-order valence-corrected chi connectivity index (χ4v) is 3.36. The third kappa shape index (κ3) is 3.95. The summed E-state index contributed by atoms with van der Waals surface area (Å²) in [6.07, 6.45) is 3.46. The monoisotopic (exact) mass is 354 g/mol. The molecule has 138 valence electrons. The lowest BCUT2D eigenvalue weighted by molar-refractivity contribution is 0.0930. The maximum absolute atomic E-state index is 12.6. The minimum Gasteiger partial charge on any atom is -0.370 e. The largest absolute Gasteiger partial charge is 0.370 e. The van der Waals surface area contributed by atoms with Gasteiger partial charge in [0.15, 0.2) is 0 Å². The highest BCUT2D eigenvalue weighted by atomic mass is 16.1. The third-order valence-electron chi connectivity index (χ3n) is 4.99. The van der Waals surface area contributed by atoms with Gasteiger partial charge in [0.05, 0.1) is 11.9 Å². The summed E-state index contributed by atoms with van der Waals surface area (Å²) in [7, 11) is 0. The molecular formula is C20H26N4O2. The minimum absolute atomic E-state index is 0.00291. The van der Waals surface area contributed by atoms with E-state index in [9.17, 15) is 9.59 Å². The summed E-state index contributed by atoms with van der Waals surface area (Å²) in [5.41, 5.74) is 3.62. The van der Waals surface area contributed by atoms with Crippen LogP contribution in [0.1, 0.15) is 41.3 Å². The van der Waals surface area contributed by atoms with Gasteiger partial charge in [-0.05, 0) is 45.2 Å². The Hall–Kier alpha value is -2.63. The van der Waals surface area contributed by atoms with Crippen LogP contribution >= 0.6 is 0 Å². The summed E-state index contributed by atoms with van der Waals surface area (Å²) in [6.45, 7) is 8.03. The van der Waals surface area contributed by atoms with Crippen LogP contribution < -0.4 is 15.8 Å². The Morgan fingerprint density at radius 2 is 1.96 bits per heavy atom. The van der Waals surface area contributed by atoms with Gasteiger partial charge >= 0.3 is 0 Å². The number of aryl methyl sites for hydroxylation is 3. The molecule has 2 heterocycles. The maximum Gasteiger partial charge on any atom is 0.268 e. The van der Waals surface area contributed by atoms with Crippen LogP contribution in [0.5, 0.6) is 0 Å². The van der Waals surface area contributed by atoms with Crippen molar-refractivity contribution in [3.05, 3.63) is 57.5 Å². The Kier molecular flexibility index (Phi) is 5.40. The van der Waals surface area contributed by atoms with E-state index in [0.29, 0.717) is 6.54 Å². The summed E-state index contributed by atoms with van der Waals surface area (Å²) in [5.74, 6) is -0.00291. The molecule has 2 aromatic rings. The molecule has 1 aromatic carbocycles. The zero-order valence-corrected chi connectivity index (χ0v) is 15.7. The Bertz CT molecular complexity index is 851. The van der Waals surface area contributed by atoms with E-state index in [1.54, 1.807) is 12.3 Å². The van der Waals surface area contributed by atoms with Crippen LogP contribution in [0, 0.1) is 13.8 Å². The molecule has 6 nitrogen and oxygen atoms in total. The quantitative estimate of drug-likeness (QED) is 0.915. The van der Waals surface area contributed by atoms with Crippen molar-refractivity contribution in [2.24, 2.45) is 0 Å². The molecule has 0 atom stereocenters. The van der Waals surface area contributed by atoms with E-state index in [2.05, 4.69) is 15.3 Å². The normalized spacial score (nSPS) is 15.1. The molecule has 0 spiro atoms. The van der Waals surface area contributed by atoms with Crippen LogP contribution in [-0.2, 0) is 6.54 Å². The highest BCUT2D eigenvalue weighted by molar-refractivity contribution is 5.96. The lowest BCUT2D eigenvalue weighted by Gasteiger charge is -2.33. The predicted octanol–water partition coefficient (Wildman–Crippen LogP) is 2.28. The third-order valence-corrected chi connectivity index (χ3v) is 4.99. The molecule has 0 bridgehead atoms. The van der Waals surface area contributed by atoms with Crippen molar-refractivity contribution in [1.29, 1.82) is 0 Å². The first kappa shape index (κ1) is 18.2.